The number of ketones is 2. The van der Waals surface area contributed by atoms with E-state index >= 15 is 0 Å². The van der Waals surface area contributed by atoms with Crippen LogP contribution in [0.2, 0.25) is 0 Å². The monoisotopic (exact) mass is 535 g/mol. The summed E-state index contributed by atoms with van der Waals surface area (Å²) in [5.74, 6) is -2.38. The van der Waals surface area contributed by atoms with E-state index in [1.54, 1.807) is 19.1 Å². The number of carbonyl (C=O) groups is 4. The van der Waals surface area contributed by atoms with Gasteiger partial charge in [0.25, 0.3) is 0 Å². The van der Waals surface area contributed by atoms with Crippen LogP contribution < -0.4 is 4.74 Å². The smallest absolute Gasteiger partial charge is 0.234 e. The summed E-state index contributed by atoms with van der Waals surface area (Å²) in [6, 6.07) is 14.4. The van der Waals surface area contributed by atoms with E-state index in [0.717, 1.165) is 16.7 Å². The first kappa shape index (κ1) is 25.7. The van der Waals surface area contributed by atoms with Gasteiger partial charge in [-0.2, -0.15) is 0 Å². The van der Waals surface area contributed by atoms with Crippen LogP contribution in [-0.2, 0) is 25.7 Å². The summed E-state index contributed by atoms with van der Waals surface area (Å²) in [5, 5.41) is 9.98. The largest absolute Gasteiger partial charge is 0.504 e. The van der Waals surface area contributed by atoms with Gasteiger partial charge in [0.05, 0.1) is 25.5 Å². The molecule has 0 radical (unpaired) electrons. The molecule has 7 heteroatoms. The highest BCUT2D eigenvalue weighted by Gasteiger charge is 2.55. The summed E-state index contributed by atoms with van der Waals surface area (Å²) in [6.07, 6.45) is 7.77. The van der Waals surface area contributed by atoms with Crippen LogP contribution in [0.5, 0.6) is 11.5 Å². The maximum atomic E-state index is 13.8. The Labute approximate surface area is 232 Å². The van der Waals surface area contributed by atoms with E-state index in [0.29, 0.717) is 28.9 Å². The minimum atomic E-state index is -0.580. The topological polar surface area (TPSA) is 101 Å². The molecular weight excluding hydrogens is 506 g/mol. The second kappa shape index (κ2) is 9.90. The zero-order valence-electron chi connectivity index (χ0n) is 22.3. The summed E-state index contributed by atoms with van der Waals surface area (Å²) in [7, 11) is 1.47. The third-order valence-corrected chi connectivity index (χ3v) is 8.57. The van der Waals surface area contributed by atoms with Gasteiger partial charge in [0, 0.05) is 22.6 Å². The van der Waals surface area contributed by atoms with Crippen LogP contribution in [-0.4, -0.2) is 40.5 Å². The van der Waals surface area contributed by atoms with Crippen molar-refractivity contribution in [3.8, 4) is 11.5 Å². The lowest BCUT2D eigenvalue weighted by molar-refractivity contribution is -0.140. The molecule has 3 aliphatic carbocycles. The number of likely N-dealkylation sites (tertiary alicyclic amines) is 1. The fourth-order valence-electron chi connectivity index (χ4n) is 6.65. The number of fused-ring (bicyclic) bond motifs is 3. The second-order valence-electron chi connectivity index (χ2n) is 10.8. The van der Waals surface area contributed by atoms with Crippen LogP contribution in [0.4, 0.5) is 0 Å². The van der Waals surface area contributed by atoms with E-state index in [9.17, 15) is 24.3 Å². The van der Waals surface area contributed by atoms with Crippen molar-refractivity contribution in [2.75, 3.05) is 7.11 Å². The highest BCUT2D eigenvalue weighted by Crippen LogP contribution is 2.52. The predicted molar refractivity (Wildman–Crippen MR) is 148 cm³/mol. The Morgan fingerprint density at radius 3 is 2.55 bits per heavy atom. The highest BCUT2D eigenvalue weighted by molar-refractivity contribution is 6.23. The molecule has 0 bridgehead atoms. The summed E-state index contributed by atoms with van der Waals surface area (Å²) in [4.78, 5) is 55.2. The average molecular weight is 536 g/mol. The van der Waals surface area contributed by atoms with Crippen molar-refractivity contribution in [1.82, 2.24) is 4.90 Å². The molecule has 4 atom stereocenters. The van der Waals surface area contributed by atoms with Gasteiger partial charge in [0.2, 0.25) is 11.8 Å². The summed E-state index contributed by atoms with van der Waals surface area (Å²) in [6.45, 7) is 1.85. The maximum Gasteiger partial charge on any atom is 0.234 e. The van der Waals surface area contributed by atoms with Crippen molar-refractivity contribution in [2.45, 2.75) is 26.3 Å². The van der Waals surface area contributed by atoms with Crippen molar-refractivity contribution in [3.05, 3.63) is 100 Å². The molecule has 1 heterocycles. The van der Waals surface area contributed by atoms with Gasteiger partial charge < -0.3 is 9.84 Å². The number of methoxy groups -OCH3 is 1. The quantitative estimate of drug-likeness (QED) is 0.342. The Bertz CT molecular complexity index is 1580. The van der Waals surface area contributed by atoms with E-state index in [1.165, 1.54) is 24.2 Å². The first-order valence-electron chi connectivity index (χ1n) is 13.4. The maximum absolute atomic E-state index is 13.8. The molecule has 0 saturated carbocycles. The van der Waals surface area contributed by atoms with Crippen LogP contribution in [0.25, 0.3) is 6.08 Å². The van der Waals surface area contributed by atoms with Crippen LogP contribution in [0.15, 0.2) is 89.1 Å². The summed E-state index contributed by atoms with van der Waals surface area (Å²) in [5.41, 5.74) is 3.79. The first-order chi connectivity index (χ1) is 19.3. The summed E-state index contributed by atoms with van der Waals surface area (Å²) < 4.78 is 5.23. The molecule has 202 valence electrons. The number of benzene rings is 2. The zero-order valence-corrected chi connectivity index (χ0v) is 22.3. The van der Waals surface area contributed by atoms with Gasteiger partial charge >= 0.3 is 0 Å². The van der Waals surface area contributed by atoms with Gasteiger partial charge in [-0.15, -0.1) is 0 Å². The number of rotatable bonds is 5. The number of imide groups is 1. The lowest BCUT2D eigenvalue weighted by Crippen LogP contribution is -2.40. The fraction of sp³-hybridized carbons (Fsp3) is 0.273. The molecule has 1 aliphatic heterocycles. The molecule has 6 rings (SSSR count). The molecule has 2 aromatic carbocycles. The molecule has 0 aromatic heterocycles. The zero-order chi connectivity index (χ0) is 28.1. The van der Waals surface area contributed by atoms with E-state index in [-0.39, 0.29) is 48.0 Å². The van der Waals surface area contributed by atoms with Gasteiger partial charge in [-0.05, 0) is 55.0 Å². The molecule has 4 unspecified atom stereocenters. The Hall–Kier alpha value is -4.52. The van der Waals surface area contributed by atoms with Crippen molar-refractivity contribution in [3.63, 3.8) is 0 Å². The molecule has 0 spiro atoms. The van der Waals surface area contributed by atoms with Gasteiger partial charge in [0.15, 0.2) is 23.1 Å². The number of amides is 2. The number of aromatic hydroxyl groups is 1. The lowest BCUT2D eigenvalue weighted by atomic mass is 9.60. The van der Waals surface area contributed by atoms with Crippen LogP contribution in [0.3, 0.4) is 0 Å². The van der Waals surface area contributed by atoms with Gasteiger partial charge in [-0.25, -0.2) is 0 Å². The molecule has 1 fully saturated rings. The molecule has 7 nitrogen and oxygen atoms in total. The fourth-order valence-corrected chi connectivity index (χ4v) is 6.65. The van der Waals surface area contributed by atoms with Crippen molar-refractivity contribution < 1.29 is 29.0 Å². The molecule has 4 aliphatic rings. The van der Waals surface area contributed by atoms with E-state index in [1.807, 2.05) is 48.6 Å². The molecular formula is C33H29NO6. The SMILES string of the molecule is COc1cc(C=CC2C3=CCC4C(=O)N(Cc5ccccc5)C(=O)C4C3CC3=C2C(=O)C=C(C)C3=O)ccc1O. The third-order valence-electron chi connectivity index (χ3n) is 8.57. The highest BCUT2D eigenvalue weighted by atomic mass is 16.5. The van der Waals surface area contributed by atoms with Crippen LogP contribution in [0, 0.1) is 23.7 Å². The lowest BCUT2D eigenvalue weighted by Gasteiger charge is -2.41. The number of hydrogen-bond donors (Lipinski definition) is 1. The molecule has 1 saturated heterocycles. The van der Waals surface area contributed by atoms with E-state index in [4.69, 9.17) is 4.74 Å². The number of carbonyl (C=O) groups excluding carboxylic acids is 4. The number of phenols is 1. The Kier molecular flexibility index (Phi) is 6.37. The second-order valence-corrected chi connectivity index (χ2v) is 10.8. The predicted octanol–water partition coefficient (Wildman–Crippen LogP) is 4.58. The number of allylic oxidation sites excluding steroid dienone is 7. The standard InChI is InChI=1S/C33H29NO6/c1-18-14-27(36)29-22(10-8-19-9-13-26(35)28(15-19)40-2)21-11-12-23-30(24(21)16-25(29)31(18)37)33(39)34(32(23)38)17-20-6-4-3-5-7-20/h3-11,13-15,22-24,30,35H,12,16-17H2,1-2H3. The van der Waals surface area contributed by atoms with Crippen molar-refractivity contribution in [1.29, 1.82) is 0 Å². The molecule has 2 aromatic rings. The normalized spacial score (nSPS) is 26.0. The number of Topliss-reactive ketones (excluding diaryl/α,β-unsaturated/α-hetero) is 1. The Morgan fingerprint density at radius 1 is 1.02 bits per heavy atom. The number of ether oxygens (including phenoxy) is 1. The van der Waals surface area contributed by atoms with Gasteiger partial charge in [0.1, 0.15) is 0 Å². The van der Waals surface area contributed by atoms with Crippen LogP contribution in [0.1, 0.15) is 30.9 Å². The van der Waals surface area contributed by atoms with Crippen LogP contribution >= 0.6 is 0 Å². The third kappa shape index (κ3) is 4.13. The van der Waals surface area contributed by atoms with Crippen molar-refractivity contribution >= 4 is 29.5 Å². The van der Waals surface area contributed by atoms with Gasteiger partial charge in [-0.3, -0.25) is 24.1 Å². The Morgan fingerprint density at radius 2 is 1.80 bits per heavy atom. The van der Waals surface area contributed by atoms with E-state index in [2.05, 4.69) is 0 Å². The number of hydrogen-bond acceptors (Lipinski definition) is 6. The van der Waals surface area contributed by atoms with Crippen molar-refractivity contribution in [2.24, 2.45) is 23.7 Å². The molecule has 2 amide bonds. The number of nitrogens with zero attached hydrogens (tertiary/aromatic N) is 1. The van der Waals surface area contributed by atoms with Gasteiger partial charge in [-0.1, -0.05) is 60.2 Å². The molecule has 1 N–H and O–H groups in total. The molecule has 40 heavy (non-hydrogen) atoms. The summed E-state index contributed by atoms with van der Waals surface area (Å²) >= 11 is 0. The first-order valence-corrected chi connectivity index (χ1v) is 13.4. The minimum absolute atomic E-state index is 0.0153. The average Bonchev–Trinajstić information content (AvgIpc) is 3.20. The Balaban J connectivity index is 1.39. The number of phenolic OH excluding ortho intramolecular Hbond substituents is 1. The van der Waals surface area contributed by atoms with E-state index < -0.39 is 17.8 Å². The minimum Gasteiger partial charge on any atom is -0.504 e.